The van der Waals surface area contributed by atoms with Gasteiger partial charge < -0.3 is 10.2 Å². The Morgan fingerprint density at radius 3 is 2.95 bits per heavy atom. The molecule has 1 aromatic rings. The number of nitrogens with two attached hydrogens (primary N) is 1. The predicted molar refractivity (Wildman–Crippen MR) is 77.9 cm³/mol. The van der Waals surface area contributed by atoms with Crippen LogP contribution in [0.1, 0.15) is 25.8 Å². The number of hydrazine groups is 1. The van der Waals surface area contributed by atoms with Crippen molar-refractivity contribution in [1.82, 2.24) is 14.9 Å². The van der Waals surface area contributed by atoms with Crippen molar-refractivity contribution < 1.29 is 0 Å². The average molecular weight is 264 g/mol. The minimum absolute atomic E-state index is 0.448. The molecule has 6 nitrogen and oxygen atoms in total. The highest BCUT2D eigenvalue weighted by Gasteiger charge is 2.24. The Kier molecular flexibility index (Phi) is 4.55. The van der Waals surface area contributed by atoms with Crippen molar-refractivity contribution in [2.75, 3.05) is 30.4 Å². The van der Waals surface area contributed by atoms with E-state index in [1.54, 1.807) is 6.20 Å². The van der Waals surface area contributed by atoms with E-state index in [1.165, 1.54) is 13.0 Å². The van der Waals surface area contributed by atoms with Gasteiger partial charge >= 0.3 is 0 Å². The molecule has 0 bridgehead atoms. The SMILES string of the molecule is Cc1cnc(NN)nc1NCC1CCN(C(C)C)C1. The fourth-order valence-corrected chi connectivity index (χ4v) is 2.43. The van der Waals surface area contributed by atoms with Crippen molar-refractivity contribution in [3.05, 3.63) is 11.8 Å². The van der Waals surface area contributed by atoms with Crippen molar-refractivity contribution >= 4 is 11.8 Å². The van der Waals surface area contributed by atoms with Gasteiger partial charge in [-0.2, -0.15) is 4.98 Å². The third-order valence-electron chi connectivity index (χ3n) is 3.71. The molecule has 6 heteroatoms. The Morgan fingerprint density at radius 1 is 1.53 bits per heavy atom. The van der Waals surface area contributed by atoms with Gasteiger partial charge in [0.2, 0.25) is 5.95 Å². The zero-order chi connectivity index (χ0) is 13.8. The number of aromatic nitrogens is 2. The van der Waals surface area contributed by atoms with E-state index in [2.05, 4.69) is 39.5 Å². The molecule has 106 valence electrons. The molecule has 0 spiro atoms. The summed E-state index contributed by atoms with van der Waals surface area (Å²) in [5, 5.41) is 3.42. The Labute approximate surface area is 114 Å². The first-order valence-corrected chi connectivity index (χ1v) is 6.88. The fraction of sp³-hybridized carbons (Fsp3) is 0.692. The second kappa shape index (κ2) is 6.16. The van der Waals surface area contributed by atoms with Crippen LogP contribution in [-0.2, 0) is 0 Å². The van der Waals surface area contributed by atoms with Gasteiger partial charge in [-0.05, 0) is 39.7 Å². The van der Waals surface area contributed by atoms with Crippen LogP contribution in [-0.4, -0.2) is 40.5 Å². The molecule has 1 unspecified atom stereocenters. The van der Waals surface area contributed by atoms with Gasteiger partial charge in [-0.1, -0.05) is 0 Å². The highest BCUT2D eigenvalue weighted by molar-refractivity contribution is 5.46. The standard InChI is InChI=1S/C13H24N6/c1-9(2)19-5-4-11(8-19)7-15-12-10(3)6-16-13(17-12)18-14/h6,9,11H,4-5,7-8,14H2,1-3H3,(H2,15,16,17,18). The van der Waals surface area contributed by atoms with Crippen LogP contribution in [0.3, 0.4) is 0 Å². The molecule has 1 atom stereocenters. The Balaban J connectivity index is 1.89. The van der Waals surface area contributed by atoms with Gasteiger partial charge in [-0.25, -0.2) is 10.8 Å². The molecule has 1 aliphatic heterocycles. The van der Waals surface area contributed by atoms with Crippen LogP contribution in [0.2, 0.25) is 0 Å². The van der Waals surface area contributed by atoms with Gasteiger partial charge in [0.15, 0.2) is 0 Å². The second-order valence-corrected chi connectivity index (χ2v) is 5.49. The highest BCUT2D eigenvalue weighted by Crippen LogP contribution is 2.20. The second-order valence-electron chi connectivity index (χ2n) is 5.49. The van der Waals surface area contributed by atoms with E-state index in [0.717, 1.165) is 24.5 Å². The van der Waals surface area contributed by atoms with E-state index in [-0.39, 0.29) is 0 Å². The van der Waals surface area contributed by atoms with Crippen LogP contribution in [0.25, 0.3) is 0 Å². The number of nitrogens with one attached hydrogen (secondary N) is 2. The zero-order valence-corrected chi connectivity index (χ0v) is 12.0. The number of hydrogen-bond donors (Lipinski definition) is 3. The maximum Gasteiger partial charge on any atom is 0.239 e. The van der Waals surface area contributed by atoms with Crippen molar-refractivity contribution in [2.45, 2.75) is 33.2 Å². The molecule has 4 N–H and O–H groups in total. The Bertz CT molecular complexity index is 420. The minimum Gasteiger partial charge on any atom is -0.369 e. The van der Waals surface area contributed by atoms with Crippen molar-refractivity contribution in [1.29, 1.82) is 0 Å². The van der Waals surface area contributed by atoms with E-state index in [0.29, 0.717) is 17.9 Å². The summed E-state index contributed by atoms with van der Waals surface area (Å²) in [5.74, 6) is 7.33. The summed E-state index contributed by atoms with van der Waals surface area (Å²) in [5.41, 5.74) is 3.51. The zero-order valence-electron chi connectivity index (χ0n) is 12.0. The van der Waals surface area contributed by atoms with Gasteiger partial charge in [-0.15, -0.1) is 0 Å². The Morgan fingerprint density at radius 2 is 2.32 bits per heavy atom. The molecule has 0 radical (unpaired) electrons. The summed E-state index contributed by atoms with van der Waals surface area (Å²) in [6, 6.07) is 0.638. The van der Waals surface area contributed by atoms with E-state index in [9.17, 15) is 0 Å². The molecule has 2 rings (SSSR count). The molecule has 0 saturated carbocycles. The first-order valence-electron chi connectivity index (χ1n) is 6.88. The van der Waals surface area contributed by atoms with Crippen molar-refractivity contribution in [2.24, 2.45) is 11.8 Å². The number of rotatable bonds is 5. The van der Waals surface area contributed by atoms with Crippen LogP contribution in [0.15, 0.2) is 6.20 Å². The summed E-state index contributed by atoms with van der Waals surface area (Å²) in [4.78, 5) is 10.9. The quantitative estimate of drug-likeness (QED) is 0.548. The van der Waals surface area contributed by atoms with Crippen LogP contribution >= 0.6 is 0 Å². The lowest BCUT2D eigenvalue weighted by Gasteiger charge is -2.20. The molecule has 0 aromatic carbocycles. The third kappa shape index (κ3) is 3.54. The lowest BCUT2D eigenvalue weighted by Crippen LogP contribution is -2.29. The van der Waals surface area contributed by atoms with Crippen molar-refractivity contribution in [3.8, 4) is 0 Å². The summed E-state index contributed by atoms with van der Waals surface area (Å²) >= 11 is 0. The van der Waals surface area contributed by atoms with Gasteiger partial charge in [0.05, 0.1) is 0 Å². The largest absolute Gasteiger partial charge is 0.369 e. The number of anilines is 2. The molecule has 1 aliphatic rings. The fourth-order valence-electron chi connectivity index (χ4n) is 2.43. The minimum atomic E-state index is 0.448. The topological polar surface area (TPSA) is 79.1 Å². The normalized spacial score (nSPS) is 19.9. The number of aryl methyl sites for hydroxylation is 1. The van der Waals surface area contributed by atoms with Crippen LogP contribution < -0.4 is 16.6 Å². The first-order chi connectivity index (χ1) is 9.10. The van der Waals surface area contributed by atoms with Crippen LogP contribution in [0.4, 0.5) is 11.8 Å². The third-order valence-corrected chi connectivity index (χ3v) is 3.71. The summed E-state index contributed by atoms with van der Waals surface area (Å²) in [6.45, 7) is 9.81. The number of likely N-dealkylation sites (tertiary alicyclic amines) is 1. The number of nitrogens with zero attached hydrogens (tertiary/aromatic N) is 3. The average Bonchev–Trinajstić information content (AvgIpc) is 2.87. The van der Waals surface area contributed by atoms with Crippen molar-refractivity contribution in [3.63, 3.8) is 0 Å². The Hall–Kier alpha value is -1.40. The van der Waals surface area contributed by atoms with E-state index in [1.807, 2.05) is 6.92 Å². The van der Waals surface area contributed by atoms with E-state index >= 15 is 0 Å². The maximum absolute atomic E-state index is 5.33. The van der Waals surface area contributed by atoms with E-state index < -0.39 is 0 Å². The molecule has 0 amide bonds. The first kappa shape index (κ1) is 14.0. The number of hydrogen-bond acceptors (Lipinski definition) is 6. The summed E-state index contributed by atoms with van der Waals surface area (Å²) in [7, 11) is 0. The molecular formula is C13H24N6. The van der Waals surface area contributed by atoms with E-state index in [4.69, 9.17) is 5.84 Å². The molecule has 1 aromatic heterocycles. The van der Waals surface area contributed by atoms with Gasteiger partial charge in [-0.3, -0.25) is 5.43 Å². The number of nitrogen functional groups attached to an aromatic ring is 1. The molecule has 19 heavy (non-hydrogen) atoms. The smallest absolute Gasteiger partial charge is 0.239 e. The van der Waals surface area contributed by atoms with Gasteiger partial charge in [0.1, 0.15) is 5.82 Å². The molecular weight excluding hydrogens is 240 g/mol. The predicted octanol–water partition coefficient (Wildman–Crippen LogP) is 1.21. The molecule has 0 aliphatic carbocycles. The van der Waals surface area contributed by atoms with Gasteiger partial charge in [0.25, 0.3) is 0 Å². The monoisotopic (exact) mass is 264 g/mol. The highest BCUT2D eigenvalue weighted by atomic mass is 15.3. The summed E-state index contributed by atoms with van der Waals surface area (Å²) in [6.07, 6.45) is 3.02. The molecule has 2 heterocycles. The lowest BCUT2D eigenvalue weighted by molar-refractivity contribution is 0.266. The van der Waals surface area contributed by atoms with Crippen LogP contribution in [0.5, 0.6) is 0 Å². The van der Waals surface area contributed by atoms with Crippen LogP contribution in [0, 0.1) is 12.8 Å². The lowest BCUT2D eigenvalue weighted by atomic mass is 10.1. The summed E-state index contributed by atoms with van der Waals surface area (Å²) < 4.78 is 0. The molecule has 1 saturated heterocycles. The molecule has 1 fully saturated rings. The van der Waals surface area contributed by atoms with Gasteiger partial charge in [0, 0.05) is 30.9 Å². The maximum atomic E-state index is 5.33.